The van der Waals surface area contributed by atoms with Crippen LogP contribution in [0.4, 0.5) is 5.69 Å². The average molecular weight is 489 g/mol. The molecule has 0 unspecified atom stereocenters. The lowest BCUT2D eigenvalue weighted by atomic mass is 10.1. The number of aromatic nitrogens is 1. The summed E-state index contributed by atoms with van der Waals surface area (Å²) >= 11 is 0. The number of aryl methyl sites for hydroxylation is 1. The predicted octanol–water partition coefficient (Wildman–Crippen LogP) is 4.11. The summed E-state index contributed by atoms with van der Waals surface area (Å²) in [5, 5.41) is 0. The number of hydrogen-bond acceptors (Lipinski definition) is 6. The molecule has 186 valence electrons. The van der Waals surface area contributed by atoms with E-state index in [1.807, 2.05) is 48.7 Å². The van der Waals surface area contributed by atoms with Crippen molar-refractivity contribution < 1.29 is 28.6 Å². The number of fused-ring (bicyclic) bond motifs is 1. The van der Waals surface area contributed by atoms with E-state index in [1.54, 1.807) is 29.2 Å². The summed E-state index contributed by atoms with van der Waals surface area (Å²) in [5.74, 6) is 0.669. The van der Waals surface area contributed by atoms with E-state index in [0.717, 1.165) is 29.2 Å². The predicted molar refractivity (Wildman–Crippen MR) is 133 cm³/mol. The summed E-state index contributed by atoms with van der Waals surface area (Å²) in [6.45, 7) is 5.08. The number of Topliss-reactive ketones (excluding diaryl/α,β-unsaturated/α-hetero) is 1. The van der Waals surface area contributed by atoms with Crippen LogP contribution in [-0.2, 0) is 16.1 Å². The molecule has 0 radical (unpaired) electrons. The molecule has 1 aromatic heterocycles. The Hall–Kier alpha value is -4.07. The molecular weight excluding hydrogens is 460 g/mol. The van der Waals surface area contributed by atoms with E-state index in [2.05, 4.69) is 0 Å². The Morgan fingerprint density at radius 2 is 1.81 bits per heavy atom. The molecule has 5 rings (SSSR count). The van der Waals surface area contributed by atoms with E-state index in [1.165, 1.54) is 0 Å². The Balaban J connectivity index is 1.19. The lowest BCUT2D eigenvalue weighted by Crippen LogP contribution is -2.33. The summed E-state index contributed by atoms with van der Waals surface area (Å²) in [5.41, 5.74) is 3.31. The Kier molecular flexibility index (Phi) is 6.50. The minimum absolute atomic E-state index is 0.0842. The lowest BCUT2D eigenvalue weighted by molar-refractivity contribution is -0.117. The van der Waals surface area contributed by atoms with Crippen molar-refractivity contribution in [1.82, 2.24) is 4.57 Å². The molecule has 2 aliphatic heterocycles. The Labute approximate surface area is 209 Å². The molecule has 2 aliphatic rings. The number of esters is 1. The SMILES string of the molecule is Cc1cc(C(=O)COC(=O)c2ccc(N3CCCC3=O)cc2)c(C)n1C[C@@H]1COc2ccccc2O1. The molecule has 3 aromatic rings. The number of carbonyl (C=O) groups is 3. The highest BCUT2D eigenvalue weighted by atomic mass is 16.6. The van der Waals surface area contributed by atoms with Gasteiger partial charge in [0.2, 0.25) is 11.7 Å². The fourth-order valence-electron chi connectivity index (χ4n) is 4.71. The van der Waals surface area contributed by atoms with Crippen molar-refractivity contribution in [3.05, 3.63) is 77.1 Å². The molecule has 8 heteroatoms. The van der Waals surface area contributed by atoms with Gasteiger partial charge in [0.15, 0.2) is 24.2 Å². The molecule has 36 heavy (non-hydrogen) atoms. The fourth-order valence-corrected chi connectivity index (χ4v) is 4.71. The van der Waals surface area contributed by atoms with Gasteiger partial charge in [0.1, 0.15) is 6.61 Å². The smallest absolute Gasteiger partial charge is 0.338 e. The monoisotopic (exact) mass is 488 g/mol. The minimum Gasteiger partial charge on any atom is -0.486 e. The number of anilines is 1. The van der Waals surface area contributed by atoms with Crippen LogP contribution in [0.2, 0.25) is 0 Å². The van der Waals surface area contributed by atoms with Crippen LogP contribution < -0.4 is 14.4 Å². The van der Waals surface area contributed by atoms with Gasteiger partial charge in [0, 0.05) is 35.6 Å². The highest BCUT2D eigenvalue weighted by Gasteiger charge is 2.25. The first kappa shape index (κ1) is 23.7. The van der Waals surface area contributed by atoms with Crippen LogP contribution >= 0.6 is 0 Å². The third kappa shape index (κ3) is 4.71. The van der Waals surface area contributed by atoms with Crippen molar-refractivity contribution in [3.8, 4) is 11.5 Å². The third-order valence-electron chi connectivity index (χ3n) is 6.65. The minimum atomic E-state index is -0.581. The summed E-state index contributed by atoms with van der Waals surface area (Å²) in [6.07, 6.45) is 1.19. The van der Waals surface area contributed by atoms with E-state index >= 15 is 0 Å². The van der Waals surface area contributed by atoms with Crippen LogP contribution in [0.15, 0.2) is 54.6 Å². The van der Waals surface area contributed by atoms with Gasteiger partial charge in [-0.3, -0.25) is 9.59 Å². The summed E-state index contributed by atoms with van der Waals surface area (Å²) < 4.78 is 19.2. The fraction of sp³-hybridized carbons (Fsp3) is 0.321. The number of carbonyl (C=O) groups excluding carboxylic acids is 3. The normalized spacial score (nSPS) is 16.8. The van der Waals surface area contributed by atoms with E-state index in [0.29, 0.717) is 43.0 Å². The zero-order valence-electron chi connectivity index (χ0n) is 20.4. The van der Waals surface area contributed by atoms with Crippen molar-refractivity contribution >= 4 is 23.3 Å². The second kappa shape index (κ2) is 9.89. The first-order valence-electron chi connectivity index (χ1n) is 12.1. The Morgan fingerprint density at radius 3 is 2.53 bits per heavy atom. The number of ether oxygens (including phenoxy) is 3. The first-order valence-corrected chi connectivity index (χ1v) is 12.1. The van der Waals surface area contributed by atoms with Crippen molar-refractivity contribution in [2.75, 3.05) is 24.7 Å². The van der Waals surface area contributed by atoms with Crippen LogP contribution in [0, 0.1) is 13.8 Å². The maximum Gasteiger partial charge on any atom is 0.338 e. The number of rotatable bonds is 7. The van der Waals surface area contributed by atoms with Gasteiger partial charge in [-0.2, -0.15) is 0 Å². The van der Waals surface area contributed by atoms with Crippen LogP contribution in [0.5, 0.6) is 11.5 Å². The van der Waals surface area contributed by atoms with E-state index in [4.69, 9.17) is 14.2 Å². The van der Waals surface area contributed by atoms with Crippen molar-refractivity contribution in [2.24, 2.45) is 0 Å². The number of nitrogens with zero attached hydrogens (tertiary/aromatic N) is 2. The number of para-hydroxylation sites is 2. The third-order valence-corrected chi connectivity index (χ3v) is 6.65. The maximum absolute atomic E-state index is 12.9. The summed E-state index contributed by atoms with van der Waals surface area (Å²) in [7, 11) is 0. The van der Waals surface area contributed by atoms with Gasteiger partial charge in [0.05, 0.1) is 12.1 Å². The van der Waals surface area contributed by atoms with E-state index in [9.17, 15) is 14.4 Å². The highest BCUT2D eigenvalue weighted by Crippen LogP contribution is 2.31. The second-order valence-electron chi connectivity index (χ2n) is 9.09. The molecule has 8 nitrogen and oxygen atoms in total. The summed E-state index contributed by atoms with van der Waals surface area (Å²) in [6, 6.07) is 16.0. The highest BCUT2D eigenvalue weighted by molar-refractivity contribution is 6.00. The molecule has 0 N–H and O–H groups in total. The van der Waals surface area contributed by atoms with Crippen molar-refractivity contribution in [3.63, 3.8) is 0 Å². The number of ketones is 1. The molecule has 0 aliphatic carbocycles. The van der Waals surface area contributed by atoms with Gasteiger partial charge in [-0.1, -0.05) is 12.1 Å². The van der Waals surface area contributed by atoms with Gasteiger partial charge >= 0.3 is 5.97 Å². The lowest BCUT2D eigenvalue weighted by Gasteiger charge is -2.27. The molecule has 2 aromatic carbocycles. The van der Waals surface area contributed by atoms with Crippen molar-refractivity contribution in [1.29, 1.82) is 0 Å². The number of hydrogen-bond donors (Lipinski definition) is 0. The number of benzene rings is 2. The quantitative estimate of drug-likeness (QED) is 0.367. The molecule has 0 spiro atoms. The van der Waals surface area contributed by atoms with Crippen LogP contribution in [0.3, 0.4) is 0 Å². The average Bonchev–Trinajstić information content (AvgIpc) is 3.45. The molecule has 0 bridgehead atoms. The summed E-state index contributed by atoms with van der Waals surface area (Å²) in [4.78, 5) is 39.0. The molecule has 3 heterocycles. The molecule has 1 atom stereocenters. The molecule has 1 saturated heterocycles. The topological polar surface area (TPSA) is 87.1 Å². The van der Waals surface area contributed by atoms with Gasteiger partial charge < -0.3 is 23.7 Å². The molecule has 1 amide bonds. The van der Waals surface area contributed by atoms with Gasteiger partial charge in [0.25, 0.3) is 0 Å². The second-order valence-corrected chi connectivity index (χ2v) is 9.09. The Morgan fingerprint density at radius 1 is 1.06 bits per heavy atom. The Bertz CT molecular complexity index is 1310. The first-order chi connectivity index (χ1) is 17.4. The zero-order chi connectivity index (χ0) is 25.2. The van der Waals surface area contributed by atoms with Gasteiger partial charge in [-0.15, -0.1) is 0 Å². The zero-order valence-corrected chi connectivity index (χ0v) is 20.4. The largest absolute Gasteiger partial charge is 0.486 e. The van der Waals surface area contributed by atoms with Crippen molar-refractivity contribution in [2.45, 2.75) is 39.3 Å². The van der Waals surface area contributed by atoms with Gasteiger partial charge in [-0.05, 0) is 62.7 Å². The molecule has 0 saturated carbocycles. The van der Waals surface area contributed by atoms with Crippen LogP contribution in [0.25, 0.3) is 0 Å². The van der Waals surface area contributed by atoms with Crippen LogP contribution in [0.1, 0.15) is 44.9 Å². The standard InChI is InChI=1S/C28H28N2O6/c1-18-14-23(19(2)30(18)15-22-16-34-25-6-3-4-7-26(25)36-22)24(31)17-35-28(33)20-9-11-21(12-10-20)29-13-5-8-27(29)32/h3-4,6-7,9-12,14,22H,5,8,13,15-17H2,1-2H3/t22-/m1/s1. The number of amides is 1. The maximum atomic E-state index is 12.9. The van der Waals surface area contributed by atoms with E-state index in [-0.39, 0.29) is 24.4 Å². The molecular formula is C28H28N2O6. The van der Waals surface area contributed by atoms with Gasteiger partial charge in [-0.25, -0.2) is 4.79 Å². The van der Waals surface area contributed by atoms with E-state index < -0.39 is 5.97 Å². The molecule has 1 fully saturated rings. The van der Waals surface area contributed by atoms with Crippen LogP contribution in [-0.4, -0.2) is 48.1 Å².